The lowest BCUT2D eigenvalue weighted by Crippen LogP contribution is -2.43. The number of nitrogens with one attached hydrogen (secondary N) is 2. The molecule has 1 aromatic rings. The average molecular weight is 253 g/mol. The molecule has 2 N–H and O–H groups in total. The van der Waals surface area contributed by atoms with Crippen LogP contribution in [0.5, 0.6) is 0 Å². The van der Waals surface area contributed by atoms with Crippen LogP contribution in [0.4, 0.5) is 5.13 Å². The van der Waals surface area contributed by atoms with Gasteiger partial charge in [-0.2, -0.15) is 0 Å². The third-order valence-electron chi connectivity index (χ3n) is 2.97. The van der Waals surface area contributed by atoms with Crippen molar-refractivity contribution >= 4 is 22.4 Å². The lowest BCUT2D eigenvalue weighted by molar-refractivity contribution is -0.118. The predicted octanol–water partition coefficient (Wildman–Crippen LogP) is 2.35. The fourth-order valence-corrected chi connectivity index (χ4v) is 2.75. The number of hydrogen-bond donors (Lipinski definition) is 2. The second-order valence-corrected chi connectivity index (χ2v) is 5.58. The minimum absolute atomic E-state index is 0.0462. The molecule has 0 spiro atoms. The smallest absolute Gasteiger partial charge is 0.243 e. The van der Waals surface area contributed by atoms with Gasteiger partial charge in [0.2, 0.25) is 5.91 Å². The first-order valence-electron chi connectivity index (χ1n) is 6.16. The maximum absolute atomic E-state index is 11.9. The molecule has 4 nitrogen and oxygen atoms in total. The minimum atomic E-state index is -0.0462. The monoisotopic (exact) mass is 253 g/mol. The Morgan fingerprint density at radius 1 is 1.59 bits per heavy atom. The fraction of sp³-hybridized carbons (Fsp3) is 0.667. The second-order valence-electron chi connectivity index (χ2n) is 4.72. The Morgan fingerprint density at radius 2 is 2.41 bits per heavy atom. The topological polar surface area (TPSA) is 54.0 Å². The van der Waals surface area contributed by atoms with Crippen molar-refractivity contribution in [3.63, 3.8) is 0 Å². The van der Waals surface area contributed by atoms with Crippen LogP contribution in [0, 0.1) is 0 Å². The quantitative estimate of drug-likeness (QED) is 0.869. The Bertz CT molecular complexity index is 383. The third kappa shape index (κ3) is 3.26. The van der Waals surface area contributed by atoms with Gasteiger partial charge in [-0.25, -0.2) is 4.98 Å². The summed E-state index contributed by atoms with van der Waals surface area (Å²) in [6.07, 6.45) is 3.22. The predicted molar refractivity (Wildman–Crippen MR) is 70.5 cm³/mol. The number of carbonyl (C=O) groups is 1. The van der Waals surface area contributed by atoms with Crippen LogP contribution in [0.25, 0.3) is 0 Å². The van der Waals surface area contributed by atoms with Crippen LogP contribution in [0.1, 0.15) is 44.7 Å². The molecule has 1 aliphatic rings. The molecule has 0 saturated carbocycles. The number of aromatic nitrogens is 1. The molecule has 0 bridgehead atoms. The summed E-state index contributed by atoms with van der Waals surface area (Å²) in [4.78, 5) is 16.3. The van der Waals surface area contributed by atoms with Gasteiger partial charge in [0, 0.05) is 5.38 Å². The van der Waals surface area contributed by atoms with Crippen molar-refractivity contribution in [2.45, 2.75) is 45.1 Å². The SMILES string of the molecule is CC(C)c1csc(NC(=O)C2CCCCN2)n1. The molecule has 1 amide bonds. The molecule has 94 valence electrons. The molecule has 0 aliphatic carbocycles. The molecule has 1 aromatic heterocycles. The minimum Gasteiger partial charge on any atom is -0.306 e. The molecule has 17 heavy (non-hydrogen) atoms. The summed E-state index contributed by atoms with van der Waals surface area (Å²) in [5.74, 6) is 0.457. The van der Waals surface area contributed by atoms with Crippen LogP contribution in [0.2, 0.25) is 0 Å². The van der Waals surface area contributed by atoms with Crippen molar-refractivity contribution in [3.05, 3.63) is 11.1 Å². The Balaban J connectivity index is 1.92. The van der Waals surface area contributed by atoms with Gasteiger partial charge < -0.3 is 10.6 Å². The largest absolute Gasteiger partial charge is 0.306 e. The summed E-state index contributed by atoms with van der Waals surface area (Å²) in [6, 6.07) is -0.0462. The van der Waals surface area contributed by atoms with Gasteiger partial charge in [0.1, 0.15) is 0 Å². The molecular weight excluding hydrogens is 234 g/mol. The lowest BCUT2D eigenvalue weighted by Gasteiger charge is -2.21. The van der Waals surface area contributed by atoms with Crippen molar-refractivity contribution < 1.29 is 4.79 Å². The highest BCUT2D eigenvalue weighted by Crippen LogP contribution is 2.21. The van der Waals surface area contributed by atoms with E-state index in [-0.39, 0.29) is 11.9 Å². The second kappa shape index (κ2) is 5.60. The van der Waals surface area contributed by atoms with Crippen LogP contribution >= 0.6 is 11.3 Å². The summed E-state index contributed by atoms with van der Waals surface area (Å²) < 4.78 is 0. The lowest BCUT2D eigenvalue weighted by atomic mass is 10.0. The van der Waals surface area contributed by atoms with Gasteiger partial charge in [0.25, 0.3) is 0 Å². The molecule has 0 aromatic carbocycles. The standard InChI is InChI=1S/C12H19N3OS/c1-8(2)10-7-17-12(14-10)15-11(16)9-5-3-4-6-13-9/h7-9,13H,3-6H2,1-2H3,(H,14,15,16). The number of hydrogen-bond acceptors (Lipinski definition) is 4. The van der Waals surface area contributed by atoms with E-state index in [1.165, 1.54) is 17.8 Å². The van der Waals surface area contributed by atoms with Crippen LogP contribution in [-0.4, -0.2) is 23.5 Å². The molecule has 1 aliphatic heterocycles. The van der Waals surface area contributed by atoms with Crippen LogP contribution in [0.3, 0.4) is 0 Å². The van der Waals surface area contributed by atoms with E-state index in [1.54, 1.807) is 0 Å². The zero-order valence-electron chi connectivity index (χ0n) is 10.3. The number of rotatable bonds is 3. The maximum Gasteiger partial charge on any atom is 0.243 e. The van der Waals surface area contributed by atoms with E-state index in [1.807, 2.05) is 5.38 Å². The van der Waals surface area contributed by atoms with Crippen molar-refractivity contribution in [1.82, 2.24) is 10.3 Å². The van der Waals surface area contributed by atoms with E-state index < -0.39 is 0 Å². The highest BCUT2D eigenvalue weighted by molar-refractivity contribution is 7.13. The van der Waals surface area contributed by atoms with Gasteiger partial charge in [0.05, 0.1) is 11.7 Å². The first kappa shape index (κ1) is 12.5. The number of piperidine rings is 1. The molecule has 1 unspecified atom stereocenters. The molecule has 0 radical (unpaired) electrons. The fourth-order valence-electron chi connectivity index (χ4n) is 1.88. The number of thiazole rings is 1. The Hall–Kier alpha value is -0.940. The van der Waals surface area contributed by atoms with Crippen molar-refractivity contribution in [3.8, 4) is 0 Å². The van der Waals surface area contributed by atoms with Gasteiger partial charge in [-0.1, -0.05) is 20.3 Å². The summed E-state index contributed by atoms with van der Waals surface area (Å²) in [5.41, 5.74) is 1.04. The zero-order valence-corrected chi connectivity index (χ0v) is 11.1. The van der Waals surface area contributed by atoms with Crippen molar-refractivity contribution in [2.75, 3.05) is 11.9 Å². The molecule has 2 rings (SSSR count). The Labute approximate surface area is 106 Å². The molecule has 1 saturated heterocycles. The molecule has 1 fully saturated rings. The van der Waals surface area contributed by atoms with E-state index >= 15 is 0 Å². The number of carbonyl (C=O) groups excluding carboxylic acids is 1. The van der Waals surface area contributed by atoms with E-state index in [0.29, 0.717) is 11.0 Å². The molecular formula is C12H19N3OS. The van der Waals surface area contributed by atoms with E-state index in [2.05, 4.69) is 29.5 Å². The normalized spacial score (nSPS) is 20.5. The van der Waals surface area contributed by atoms with Gasteiger partial charge in [0.15, 0.2) is 5.13 Å². The first-order chi connectivity index (χ1) is 8.16. The molecule has 2 heterocycles. The molecule has 5 heteroatoms. The van der Waals surface area contributed by atoms with Crippen LogP contribution in [-0.2, 0) is 4.79 Å². The number of nitrogens with zero attached hydrogens (tertiary/aromatic N) is 1. The number of anilines is 1. The third-order valence-corrected chi connectivity index (χ3v) is 3.75. The van der Waals surface area contributed by atoms with Gasteiger partial charge in [-0.05, 0) is 25.3 Å². The van der Waals surface area contributed by atoms with Crippen LogP contribution < -0.4 is 10.6 Å². The van der Waals surface area contributed by atoms with E-state index in [9.17, 15) is 4.79 Å². The van der Waals surface area contributed by atoms with Crippen LogP contribution in [0.15, 0.2) is 5.38 Å². The zero-order chi connectivity index (χ0) is 12.3. The number of amides is 1. The summed E-state index contributed by atoms with van der Waals surface area (Å²) in [7, 11) is 0. The van der Waals surface area contributed by atoms with E-state index in [0.717, 1.165) is 25.1 Å². The Morgan fingerprint density at radius 3 is 3.00 bits per heavy atom. The van der Waals surface area contributed by atoms with Crippen molar-refractivity contribution in [2.24, 2.45) is 0 Å². The first-order valence-corrected chi connectivity index (χ1v) is 7.04. The van der Waals surface area contributed by atoms with Gasteiger partial charge in [-0.15, -0.1) is 11.3 Å². The maximum atomic E-state index is 11.9. The molecule has 1 atom stereocenters. The highest BCUT2D eigenvalue weighted by Gasteiger charge is 2.21. The van der Waals surface area contributed by atoms with Gasteiger partial charge in [-0.3, -0.25) is 4.79 Å². The van der Waals surface area contributed by atoms with Gasteiger partial charge >= 0.3 is 0 Å². The highest BCUT2D eigenvalue weighted by atomic mass is 32.1. The van der Waals surface area contributed by atoms with Crippen molar-refractivity contribution in [1.29, 1.82) is 0 Å². The summed E-state index contributed by atoms with van der Waals surface area (Å²) in [6.45, 7) is 5.14. The Kier molecular flexibility index (Phi) is 4.12. The van der Waals surface area contributed by atoms with E-state index in [4.69, 9.17) is 0 Å². The average Bonchev–Trinajstić information content (AvgIpc) is 2.79. The summed E-state index contributed by atoms with van der Waals surface area (Å²) >= 11 is 1.50. The summed E-state index contributed by atoms with van der Waals surface area (Å²) in [5, 5.41) is 8.85.